The zero-order valence-electron chi connectivity index (χ0n) is 15.8. The summed E-state index contributed by atoms with van der Waals surface area (Å²) in [5.74, 6) is 0.935. The Kier molecular flexibility index (Phi) is 5.63. The second-order valence-corrected chi connectivity index (χ2v) is 7.69. The van der Waals surface area contributed by atoms with E-state index in [1.807, 2.05) is 45.2 Å². The molecule has 3 rings (SSSR count). The molecular formula is C19H26ClN5O. The van der Waals surface area contributed by atoms with E-state index in [-0.39, 0.29) is 23.7 Å². The molecule has 1 amide bonds. The van der Waals surface area contributed by atoms with Crippen LogP contribution in [0, 0.1) is 0 Å². The number of piperidine rings is 1. The van der Waals surface area contributed by atoms with Crippen LogP contribution >= 0.6 is 11.6 Å². The minimum absolute atomic E-state index is 0.117. The molecule has 1 atom stereocenters. The van der Waals surface area contributed by atoms with Gasteiger partial charge >= 0.3 is 0 Å². The number of carbonyl (C=O) groups excluding carboxylic acids is 1. The highest BCUT2D eigenvalue weighted by Gasteiger charge is 2.29. The van der Waals surface area contributed by atoms with E-state index in [9.17, 15) is 4.79 Å². The van der Waals surface area contributed by atoms with Crippen LogP contribution in [0.2, 0.25) is 5.02 Å². The van der Waals surface area contributed by atoms with Gasteiger partial charge in [0.2, 0.25) is 5.82 Å². The molecule has 2 heterocycles. The fourth-order valence-electron chi connectivity index (χ4n) is 3.37. The van der Waals surface area contributed by atoms with Gasteiger partial charge in [-0.3, -0.25) is 4.79 Å². The van der Waals surface area contributed by atoms with Gasteiger partial charge in [0.05, 0.1) is 10.7 Å². The maximum Gasteiger partial charge on any atom is 0.293 e. The highest BCUT2D eigenvalue weighted by molar-refractivity contribution is 6.32. The van der Waals surface area contributed by atoms with Crippen LogP contribution in [-0.2, 0) is 0 Å². The van der Waals surface area contributed by atoms with Crippen molar-refractivity contribution < 1.29 is 4.79 Å². The van der Waals surface area contributed by atoms with Gasteiger partial charge in [0.15, 0.2) is 0 Å². The van der Waals surface area contributed by atoms with Crippen LogP contribution in [0.4, 0.5) is 0 Å². The number of likely N-dealkylation sites (N-methyl/N-ethyl adjacent to an activating group) is 2. The van der Waals surface area contributed by atoms with Crippen molar-refractivity contribution in [1.82, 2.24) is 24.6 Å². The van der Waals surface area contributed by atoms with Crippen LogP contribution in [0.5, 0.6) is 0 Å². The number of halogens is 1. The molecular weight excluding hydrogens is 350 g/mol. The second kappa shape index (κ2) is 7.76. The molecule has 1 aromatic heterocycles. The van der Waals surface area contributed by atoms with Crippen LogP contribution in [0.25, 0.3) is 5.69 Å². The van der Waals surface area contributed by atoms with Crippen molar-refractivity contribution in [1.29, 1.82) is 0 Å². The van der Waals surface area contributed by atoms with E-state index in [1.165, 1.54) is 0 Å². The summed E-state index contributed by atoms with van der Waals surface area (Å²) in [6.07, 6.45) is 2.10. The number of amides is 1. The van der Waals surface area contributed by atoms with Gasteiger partial charge in [-0.25, -0.2) is 9.67 Å². The molecule has 0 N–H and O–H groups in total. The van der Waals surface area contributed by atoms with E-state index >= 15 is 0 Å². The number of carbonyl (C=O) groups is 1. The first-order valence-corrected chi connectivity index (χ1v) is 9.44. The van der Waals surface area contributed by atoms with E-state index in [2.05, 4.69) is 22.0 Å². The summed E-state index contributed by atoms with van der Waals surface area (Å²) < 4.78 is 1.70. The van der Waals surface area contributed by atoms with Crippen molar-refractivity contribution in [2.24, 2.45) is 0 Å². The first-order chi connectivity index (χ1) is 12.4. The summed E-state index contributed by atoms with van der Waals surface area (Å²) in [6, 6.07) is 7.66. The average molecular weight is 376 g/mol. The lowest BCUT2D eigenvalue weighted by Crippen LogP contribution is -2.47. The van der Waals surface area contributed by atoms with Gasteiger partial charge in [-0.05, 0) is 38.6 Å². The van der Waals surface area contributed by atoms with Crippen molar-refractivity contribution in [2.45, 2.75) is 38.6 Å². The molecule has 1 aliphatic rings. The third-order valence-corrected chi connectivity index (χ3v) is 5.21. The summed E-state index contributed by atoms with van der Waals surface area (Å²) in [4.78, 5) is 21.6. The van der Waals surface area contributed by atoms with E-state index in [1.54, 1.807) is 9.58 Å². The molecule has 0 bridgehead atoms. The van der Waals surface area contributed by atoms with Crippen molar-refractivity contribution in [2.75, 3.05) is 27.2 Å². The highest BCUT2D eigenvalue weighted by Crippen LogP contribution is 2.24. The number of nitrogens with zero attached hydrogens (tertiary/aromatic N) is 5. The molecule has 0 aliphatic carbocycles. The molecule has 0 radical (unpaired) electrons. The molecule has 7 heteroatoms. The standard InChI is InChI=1S/C19H26ClN5O/c1-13(2)18-21-17(22-25(18)16-10-6-5-9-15(16)20)19(26)24(4)14-8-7-11-23(3)12-14/h5-6,9-10,13-14H,7-8,11-12H2,1-4H3. The molecule has 1 aromatic carbocycles. The lowest BCUT2D eigenvalue weighted by Gasteiger charge is -2.35. The lowest BCUT2D eigenvalue weighted by molar-refractivity contribution is 0.0632. The average Bonchev–Trinajstić information content (AvgIpc) is 3.06. The van der Waals surface area contributed by atoms with E-state index in [0.717, 1.165) is 37.4 Å². The molecule has 1 unspecified atom stereocenters. The van der Waals surface area contributed by atoms with Crippen molar-refractivity contribution in [3.05, 3.63) is 40.9 Å². The molecule has 140 valence electrons. The number of para-hydroxylation sites is 1. The summed E-state index contributed by atoms with van der Waals surface area (Å²) in [7, 11) is 3.93. The zero-order chi connectivity index (χ0) is 18.8. The zero-order valence-corrected chi connectivity index (χ0v) is 16.6. The Bertz CT molecular complexity index is 788. The first-order valence-electron chi connectivity index (χ1n) is 9.06. The normalized spacial score (nSPS) is 18.3. The van der Waals surface area contributed by atoms with Crippen molar-refractivity contribution in [3.8, 4) is 5.69 Å². The van der Waals surface area contributed by atoms with Crippen molar-refractivity contribution >= 4 is 17.5 Å². The maximum absolute atomic E-state index is 13.0. The van der Waals surface area contributed by atoms with Gasteiger partial charge in [0, 0.05) is 25.6 Å². The number of aromatic nitrogens is 3. The Morgan fingerprint density at radius 2 is 2.08 bits per heavy atom. The molecule has 6 nitrogen and oxygen atoms in total. The fraction of sp³-hybridized carbons (Fsp3) is 0.526. The van der Waals surface area contributed by atoms with E-state index in [4.69, 9.17) is 11.6 Å². The minimum Gasteiger partial charge on any atom is -0.335 e. The maximum atomic E-state index is 13.0. The third kappa shape index (κ3) is 3.76. The predicted octanol–water partition coefficient (Wildman–Crippen LogP) is 3.21. The van der Waals surface area contributed by atoms with Crippen LogP contribution in [0.3, 0.4) is 0 Å². The Morgan fingerprint density at radius 1 is 1.35 bits per heavy atom. The lowest BCUT2D eigenvalue weighted by atomic mass is 10.1. The van der Waals surface area contributed by atoms with Gasteiger partial charge in [0.1, 0.15) is 5.82 Å². The second-order valence-electron chi connectivity index (χ2n) is 7.29. The van der Waals surface area contributed by atoms with Crippen LogP contribution < -0.4 is 0 Å². The number of rotatable bonds is 4. The molecule has 1 fully saturated rings. The minimum atomic E-state index is -0.141. The number of likely N-dealkylation sites (tertiary alicyclic amines) is 1. The quantitative estimate of drug-likeness (QED) is 0.823. The highest BCUT2D eigenvalue weighted by atomic mass is 35.5. The SMILES string of the molecule is CC(C)c1nc(C(=O)N(C)C2CCCN(C)C2)nn1-c1ccccc1Cl. The van der Waals surface area contributed by atoms with Gasteiger partial charge in [-0.2, -0.15) is 0 Å². The summed E-state index contributed by atoms with van der Waals surface area (Å²) in [6.45, 7) is 6.02. The number of hydrogen-bond acceptors (Lipinski definition) is 4. The summed E-state index contributed by atoms with van der Waals surface area (Å²) >= 11 is 6.34. The Labute approximate surface area is 159 Å². The third-order valence-electron chi connectivity index (χ3n) is 4.89. The molecule has 0 spiro atoms. The van der Waals surface area contributed by atoms with E-state index < -0.39 is 0 Å². The molecule has 1 saturated heterocycles. The molecule has 1 aliphatic heterocycles. The smallest absolute Gasteiger partial charge is 0.293 e. The molecule has 26 heavy (non-hydrogen) atoms. The van der Waals surface area contributed by atoms with Gasteiger partial charge in [-0.1, -0.05) is 37.6 Å². The topological polar surface area (TPSA) is 54.3 Å². The first kappa shape index (κ1) is 18.9. The Hall–Kier alpha value is -1.92. The van der Waals surface area contributed by atoms with Crippen molar-refractivity contribution in [3.63, 3.8) is 0 Å². The predicted molar refractivity (Wildman–Crippen MR) is 103 cm³/mol. The monoisotopic (exact) mass is 375 g/mol. The number of benzene rings is 1. The van der Waals surface area contributed by atoms with Crippen LogP contribution in [0.1, 0.15) is 49.1 Å². The van der Waals surface area contributed by atoms with Gasteiger partial charge < -0.3 is 9.80 Å². The van der Waals surface area contributed by atoms with E-state index in [0.29, 0.717) is 5.02 Å². The van der Waals surface area contributed by atoms with Crippen LogP contribution in [0.15, 0.2) is 24.3 Å². The van der Waals surface area contributed by atoms with Gasteiger partial charge in [-0.15, -0.1) is 5.10 Å². The van der Waals surface area contributed by atoms with Gasteiger partial charge in [0.25, 0.3) is 5.91 Å². The number of hydrogen-bond donors (Lipinski definition) is 0. The largest absolute Gasteiger partial charge is 0.335 e. The van der Waals surface area contributed by atoms with Crippen LogP contribution in [-0.4, -0.2) is 63.7 Å². The Morgan fingerprint density at radius 3 is 2.73 bits per heavy atom. The Balaban J connectivity index is 1.92. The molecule has 2 aromatic rings. The fourth-order valence-corrected chi connectivity index (χ4v) is 3.58. The molecule has 0 saturated carbocycles. The summed E-state index contributed by atoms with van der Waals surface area (Å²) in [5.41, 5.74) is 0.740. The summed E-state index contributed by atoms with van der Waals surface area (Å²) in [5, 5.41) is 5.10.